The van der Waals surface area contributed by atoms with Gasteiger partial charge < -0.3 is 9.47 Å². The van der Waals surface area contributed by atoms with E-state index >= 15 is 0 Å². The monoisotopic (exact) mass is 372 g/mol. The lowest BCUT2D eigenvalue weighted by Gasteiger charge is -2.14. The highest BCUT2D eigenvalue weighted by Gasteiger charge is 2.21. The van der Waals surface area contributed by atoms with Crippen molar-refractivity contribution in [2.75, 3.05) is 19.8 Å². The number of esters is 1. The zero-order chi connectivity index (χ0) is 18.5. The maximum atomic E-state index is 13.0. The average molecular weight is 372 g/mol. The lowest BCUT2D eigenvalue weighted by molar-refractivity contribution is -0.148. The third kappa shape index (κ3) is 3.68. The highest BCUT2D eigenvalue weighted by molar-refractivity contribution is 7.17. The molecule has 0 aliphatic rings. The molecule has 0 unspecified atom stereocenters. The zero-order valence-electron chi connectivity index (χ0n) is 14.7. The quantitative estimate of drug-likeness (QED) is 0.470. The van der Waals surface area contributed by atoms with Crippen molar-refractivity contribution in [1.82, 2.24) is 9.55 Å². The van der Waals surface area contributed by atoms with E-state index in [9.17, 15) is 9.59 Å². The van der Waals surface area contributed by atoms with Crippen LogP contribution in [0.25, 0.3) is 21.3 Å². The van der Waals surface area contributed by atoms with Gasteiger partial charge in [0.2, 0.25) is 0 Å². The van der Waals surface area contributed by atoms with Crippen molar-refractivity contribution in [3.05, 3.63) is 52.4 Å². The summed E-state index contributed by atoms with van der Waals surface area (Å²) in [7, 11) is 0. The molecule has 0 N–H and O–H groups in total. The van der Waals surface area contributed by atoms with Gasteiger partial charge in [-0.25, -0.2) is 9.78 Å². The molecule has 0 amide bonds. The van der Waals surface area contributed by atoms with E-state index in [0.29, 0.717) is 23.4 Å². The summed E-state index contributed by atoms with van der Waals surface area (Å²) in [6.45, 7) is 4.56. The van der Waals surface area contributed by atoms with Gasteiger partial charge in [0.1, 0.15) is 17.5 Å². The molecule has 3 aromatic rings. The number of aromatic nitrogens is 2. The number of fused-ring (bicyclic) bond motifs is 1. The number of hydrogen-bond acceptors (Lipinski definition) is 6. The van der Waals surface area contributed by atoms with Gasteiger partial charge in [0.15, 0.2) is 0 Å². The first-order valence-electron chi connectivity index (χ1n) is 8.41. The van der Waals surface area contributed by atoms with E-state index < -0.39 is 12.0 Å². The summed E-state index contributed by atoms with van der Waals surface area (Å²) in [6, 6.07) is 8.91. The molecule has 0 spiro atoms. The van der Waals surface area contributed by atoms with E-state index in [1.807, 2.05) is 42.6 Å². The summed E-state index contributed by atoms with van der Waals surface area (Å²) in [5, 5.41) is 2.45. The molecular formula is C19H20N2O4S. The summed E-state index contributed by atoms with van der Waals surface area (Å²) >= 11 is 1.41. The number of nitrogens with zero attached hydrogens (tertiary/aromatic N) is 2. The fourth-order valence-corrected chi connectivity index (χ4v) is 3.54. The van der Waals surface area contributed by atoms with Crippen LogP contribution in [0.3, 0.4) is 0 Å². The molecule has 7 heteroatoms. The van der Waals surface area contributed by atoms with Crippen molar-refractivity contribution in [2.45, 2.75) is 19.9 Å². The number of thiophene rings is 1. The Morgan fingerprint density at radius 3 is 2.77 bits per heavy atom. The smallest absolute Gasteiger partial charge is 0.329 e. The van der Waals surface area contributed by atoms with Gasteiger partial charge >= 0.3 is 5.97 Å². The SMILES string of the molecule is CCOCCOC(=O)[C@H](C)n1cnc2scc(-c3ccccc3)c2c1=O. The molecule has 136 valence electrons. The molecule has 26 heavy (non-hydrogen) atoms. The summed E-state index contributed by atoms with van der Waals surface area (Å²) in [6.07, 6.45) is 1.41. The molecule has 0 saturated carbocycles. The minimum Gasteiger partial charge on any atom is -0.462 e. The third-order valence-electron chi connectivity index (χ3n) is 4.04. The Balaban J connectivity index is 1.91. The molecule has 0 fully saturated rings. The van der Waals surface area contributed by atoms with Crippen molar-refractivity contribution in [3.63, 3.8) is 0 Å². The third-order valence-corrected chi connectivity index (χ3v) is 4.92. The lowest BCUT2D eigenvalue weighted by Crippen LogP contribution is -2.30. The molecule has 0 saturated heterocycles. The number of hydrogen-bond donors (Lipinski definition) is 0. The molecule has 2 aromatic heterocycles. The fourth-order valence-electron chi connectivity index (χ4n) is 2.63. The Labute approximate surface area is 155 Å². The Hall–Kier alpha value is -2.51. The van der Waals surface area contributed by atoms with Gasteiger partial charge in [-0.05, 0) is 19.4 Å². The van der Waals surface area contributed by atoms with Crippen molar-refractivity contribution in [2.24, 2.45) is 0 Å². The Kier molecular flexibility index (Phi) is 5.80. The molecular weight excluding hydrogens is 352 g/mol. The highest BCUT2D eigenvalue weighted by atomic mass is 32.1. The Morgan fingerprint density at radius 1 is 1.27 bits per heavy atom. The first kappa shape index (κ1) is 18.3. The highest BCUT2D eigenvalue weighted by Crippen LogP contribution is 2.30. The molecule has 0 radical (unpaired) electrons. The fraction of sp³-hybridized carbons (Fsp3) is 0.316. The number of rotatable bonds is 7. The van der Waals surface area contributed by atoms with Gasteiger partial charge in [0.25, 0.3) is 5.56 Å². The Morgan fingerprint density at radius 2 is 2.04 bits per heavy atom. The molecule has 1 aromatic carbocycles. The number of carbonyl (C=O) groups excluding carboxylic acids is 1. The van der Waals surface area contributed by atoms with Crippen molar-refractivity contribution in [3.8, 4) is 11.1 Å². The molecule has 0 aliphatic heterocycles. The minimum atomic E-state index is -0.760. The molecule has 2 heterocycles. The maximum absolute atomic E-state index is 13.0. The van der Waals surface area contributed by atoms with Gasteiger partial charge in [-0.1, -0.05) is 30.3 Å². The average Bonchev–Trinajstić information content (AvgIpc) is 3.10. The second-order valence-corrected chi connectivity index (χ2v) is 6.55. The van der Waals surface area contributed by atoms with Gasteiger partial charge in [0, 0.05) is 17.6 Å². The number of ether oxygens (including phenoxy) is 2. The number of benzene rings is 1. The standard InChI is InChI=1S/C19H20N2O4S/c1-3-24-9-10-25-19(23)13(2)21-12-20-17-16(18(21)22)15(11-26-17)14-7-5-4-6-8-14/h4-8,11-13H,3,9-10H2,1-2H3/t13-/m0/s1. The van der Waals surface area contributed by atoms with Crippen molar-refractivity contribution >= 4 is 27.5 Å². The molecule has 3 rings (SSSR count). The van der Waals surface area contributed by atoms with Crippen LogP contribution in [0, 0.1) is 0 Å². The van der Waals surface area contributed by atoms with Gasteiger partial charge in [-0.15, -0.1) is 11.3 Å². The van der Waals surface area contributed by atoms with Crippen LogP contribution in [-0.2, 0) is 14.3 Å². The summed E-state index contributed by atoms with van der Waals surface area (Å²) < 4.78 is 11.6. The molecule has 6 nitrogen and oxygen atoms in total. The zero-order valence-corrected chi connectivity index (χ0v) is 15.5. The largest absolute Gasteiger partial charge is 0.462 e. The minimum absolute atomic E-state index is 0.162. The van der Waals surface area contributed by atoms with Gasteiger partial charge in [-0.3, -0.25) is 9.36 Å². The maximum Gasteiger partial charge on any atom is 0.329 e. The summed E-state index contributed by atoms with van der Waals surface area (Å²) in [5.74, 6) is -0.482. The van der Waals surface area contributed by atoms with Crippen LogP contribution in [0.4, 0.5) is 0 Å². The first-order chi connectivity index (χ1) is 12.6. The van der Waals surface area contributed by atoms with Crippen LogP contribution in [0.2, 0.25) is 0 Å². The van der Waals surface area contributed by atoms with Crippen LogP contribution in [0.15, 0.2) is 46.8 Å². The van der Waals surface area contributed by atoms with Gasteiger partial charge in [-0.2, -0.15) is 0 Å². The van der Waals surface area contributed by atoms with E-state index in [2.05, 4.69) is 4.98 Å². The van der Waals surface area contributed by atoms with E-state index in [1.54, 1.807) is 6.92 Å². The topological polar surface area (TPSA) is 70.4 Å². The predicted molar refractivity (Wildman–Crippen MR) is 101 cm³/mol. The van der Waals surface area contributed by atoms with E-state index in [0.717, 1.165) is 11.1 Å². The van der Waals surface area contributed by atoms with E-state index in [-0.39, 0.29) is 12.2 Å². The summed E-state index contributed by atoms with van der Waals surface area (Å²) in [5.41, 5.74) is 1.53. The summed E-state index contributed by atoms with van der Waals surface area (Å²) in [4.78, 5) is 30.2. The van der Waals surface area contributed by atoms with Crippen LogP contribution >= 0.6 is 11.3 Å². The number of carbonyl (C=O) groups is 1. The predicted octanol–water partition coefficient (Wildman–Crippen LogP) is 3.27. The molecule has 0 aliphatic carbocycles. The van der Waals surface area contributed by atoms with Crippen molar-refractivity contribution < 1.29 is 14.3 Å². The van der Waals surface area contributed by atoms with Crippen LogP contribution < -0.4 is 5.56 Å². The lowest BCUT2D eigenvalue weighted by atomic mass is 10.1. The van der Waals surface area contributed by atoms with E-state index in [1.165, 1.54) is 22.2 Å². The van der Waals surface area contributed by atoms with Crippen molar-refractivity contribution in [1.29, 1.82) is 0 Å². The molecule has 1 atom stereocenters. The molecule has 0 bridgehead atoms. The van der Waals surface area contributed by atoms with E-state index in [4.69, 9.17) is 9.47 Å². The second-order valence-electron chi connectivity index (χ2n) is 5.69. The van der Waals surface area contributed by atoms with Crippen LogP contribution in [0.1, 0.15) is 19.9 Å². The van der Waals surface area contributed by atoms with Crippen LogP contribution in [0.5, 0.6) is 0 Å². The first-order valence-corrected chi connectivity index (χ1v) is 9.29. The Bertz CT molecular complexity index is 949. The second kappa shape index (κ2) is 8.25. The van der Waals surface area contributed by atoms with Crippen LogP contribution in [-0.4, -0.2) is 35.3 Å². The normalized spacial score (nSPS) is 12.2. The van der Waals surface area contributed by atoms with Gasteiger partial charge in [0.05, 0.1) is 18.3 Å².